The van der Waals surface area contributed by atoms with Crippen LogP contribution in [-0.2, 0) is 4.74 Å². The first-order chi connectivity index (χ1) is 12.1. The van der Waals surface area contributed by atoms with Gasteiger partial charge in [-0.3, -0.25) is 4.79 Å². The topological polar surface area (TPSA) is 64.8 Å². The molecule has 25 heavy (non-hydrogen) atoms. The highest BCUT2D eigenvalue weighted by Gasteiger charge is 2.46. The highest BCUT2D eigenvalue weighted by atomic mass is 19.1. The molecule has 7 heteroatoms. The van der Waals surface area contributed by atoms with E-state index in [1.807, 2.05) is 0 Å². The van der Waals surface area contributed by atoms with Crippen molar-refractivity contribution in [2.24, 2.45) is 0 Å². The molecule has 3 heterocycles. The van der Waals surface area contributed by atoms with Gasteiger partial charge in [0.2, 0.25) is 0 Å². The molecule has 1 saturated heterocycles. The first kappa shape index (κ1) is 16.1. The maximum atomic E-state index is 13.9. The lowest BCUT2D eigenvalue weighted by atomic mass is 10.1. The van der Waals surface area contributed by atoms with Crippen LogP contribution in [-0.4, -0.2) is 47.2 Å². The van der Waals surface area contributed by atoms with Crippen LogP contribution in [0.4, 0.5) is 4.39 Å². The van der Waals surface area contributed by atoms with E-state index in [1.165, 1.54) is 18.3 Å². The predicted octanol–water partition coefficient (Wildman–Crippen LogP) is 2.57. The van der Waals surface area contributed by atoms with E-state index < -0.39 is 11.9 Å². The standard InChI is InChI=1S/C18H19FN2O4/c1-11-4-6-15(24-11)18(22)21-9-10-23-14-7-5-13(21)16(14)25-17-12(19)3-2-8-20-17/h2-4,6,8,13-14,16H,5,7,9-10H2,1H3/t13-,14-,16-/m0/s1. The van der Waals surface area contributed by atoms with Crippen LogP contribution in [0, 0.1) is 12.7 Å². The lowest BCUT2D eigenvalue weighted by Gasteiger charge is -2.30. The Balaban J connectivity index is 1.60. The zero-order chi connectivity index (χ0) is 17.4. The fourth-order valence-corrected chi connectivity index (χ4v) is 3.58. The third kappa shape index (κ3) is 3.00. The van der Waals surface area contributed by atoms with E-state index in [0.717, 1.165) is 12.8 Å². The molecule has 0 unspecified atom stereocenters. The number of carbonyl (C=O) groups is 1. The molecule has 2 aromatic heterocycles. The molecule has 0 spiro atoms. The minimum Gasteiger partial charge on any atom is -0.467 e. The van der Waals surface area contributed by atoms with Gasteiger partial charge in [0, 0.05) is 12.7 Å². The first-order valence-corrected chi connectivity index (χ1v) is 8.39. The summed E-state index contributed by atoms with van der Waals surface area (Å²) in [6.45, 7) is 2.66. The van der Waals surface area contributed by atoms with Crippen LogP contribution in [0.5, 0.6) is 5.88 Å². The molecule has 3 atom stereocenters. The van der Waals surface area contributed by atoms with E-state index in [2.05, 4.69) is 4.98 Å². The maximum absolute atomic E-state index is 13.9. The summed E-state index contributed by atoms with van der Waals surface area (Å²) in [4.78, 5) is 18.5. The number of hydrogen-bond donors (Lipinski definition) is 0. The second-order valence-corrected chi connectivity index (χ2v) is 6.34. The van der Waals surface area contributed by atoms with E-state index >= 15 is 0 Å². The number of aryl methyl sites for hydroxylation is 1. The Morgan fingerprint density at radius 1 is 1.36 bits per heavy atom. The van der Waals surface area contributed by atoms with Crippen LogP contribution in [0.2, 0.25) is 0 Å². The van der Waals surface area contributed by atoms with Crippen molar-refractivity contribution in [3.63, 3.8) is 0 Å². The number of amides is 1. The van der Waals surface area contributed by atoms with Crippen molar-refractivity contribution in [1.82, 2.24) is 9.88 Å². The summed E-state index contributed by atoms with van der Waals surface area (Å²) in [5, 5.41) is 0. The first-order valence-electron chi connectivity index (χ1n) is 8.39. The van der Waals surface area contributed by atoms with Crippen LogP contribution in [0.25, 0.3) is 0 Å². The van der Waals surface area contributed by atoms with Gasteiger partial charge in [-0.15, -0.1) is 0 Å². The van der Waals surface area contributed by atoms with Crippen molar-refractivity contribution >= 4 is 5.91 Å². The summed E-state index contributed by atoms with van der Waals surface area (Å²) in [7, 11) is 0. The van der Waals surface area contributed by atoms with Crippen LogP contribution in [0.1, 0.15) is 29.2 Å². The Morgan fingerprint density at radius 2 is 2.24 bits per heavy atom. The smallest absolute Gasteiger partial charge is 0.290 e. The number of halogens is 1. The van der Waals surface area contributed by atoms with Crippen molar-refractivity contribution in [2.45, 2.75) is 38.0 Å². The Bertz CT molecular complexity index is 778. The van der Waals surface area contributed by atoms with Gasteiger partial charge in [0.15, 0.2) is 11.6 Å². The van der Waals surface area contributed by atoms with E-state index in [0.29, 0.717) is 24.7 Å². The number of hydrogen-bond acceptors (Lipinski definition) is 5. The van der Waals surface area contributed by atoms with E-state index in [9.17, 15) is 9.18 Å². The van der Waals surface area contributed by atoms with Gasteiger partial charge < -0.3 is 18.8 Å². The van der Waals surface area contributed by atoms with E-state index in [1.54, 1.807) is 24.0 Å². The molecule has 4 rings (SSSR count). The second kappa shape index (κ2) is 6.48. The molecule has 0 aromatic carbocycles. The molecule has 2 fully saturated rings. The number of pyridine rings is 1. The second-order valence-electron chi connectivity index (χ2n) is 6.34. The third-order valence-corrected chi connectivity index (χ3v) is 4.74. The van der Waals surface area contributed by atoms with Gasteiger partial charge >= 0.3 is 0 Å². The normalized spacial score (nSPS) is 25.7. The Morgan fingerprint density at radius 3 is 3.00 bits per heavy atom. The minimum absolute atomic E-state index is 0.0591. The van der Waals surface area contributed by atoms with Crippen molar-refractivity contribution in [3.8, 4) is 5.88 Å². The van der Waals surface area contributed by atoms with Crippen LogP contribution in [0.3, 0.4) is 0 Å². The van der Waals surface area contributed by atoms with E-state index in [-0.39, 0.29) is 23.9 Å². The molecule has 6 nitrogen and oxygen atoms in total. The van der Waals surface area contributed by atoms with Crippen molar-refractivity contribution < 1.29 is 23.1 Å². The van der Waals surface area contributed by atoms with Crippen LogP contribution >= 0.6 is 0 Å². The van der Waals surface area contributed by atoms with Crippen LogP contribution in [0.15, 0.2) is 34.9 Å². The molecular weight excluding hydrogens is 327 g/mol. The zero-order valence-corrected chi connectivity index (χ0v) is 13.9. The summed E-state index contributed by atoms with van der Waals surface area (Å²) in [6, 6.07) is 6.04. The molecule has 2 aliphatic rings. The van der Waals surface area contributed by atoms with Gasteiger partial charge in [-0.05, 0) is 44.0 Å². The largest absolute Gasteiger partial charge is 0.467 e. The minimum atomic E-state index is -0.523. The molecule has 1 aliphatic heterocycles. The van der Waals surface area contributed by atoms with Crippen molar-refractivity contribution in [1.29, 1.82) is 0 Å². The molecule has 2 aromatic rings. The Hall–Kier alpha value is -2.41. The number of fused-ring (bicyclic) bond motifs is 2. The number of nitrogens with zero attached hydrogens (tertiary/aromatic N) is 2. The fraction of sp³-hybridized carbons (Fsp3) is 0.444. The van der Waals surface area contributed by atoms with Gasteiger partial charge in [-0.1, -0.05) is 0 Å². The number of carbonyl (C=O) groups excluding carboxylic acids is 1. The molecule has 0 N–H and O–H groups in total. The molecular formula is C18H19FN2O4. The fourth-order valence-electron chi connectivity index (χ4n) is 3.58. The average Bonchev–Trinajstić information content (AvgIpc) is 3.13. The van der Waals surface area contributed by atoms with Gasteiger partial charge in [-0.2, -0.15) is 0 Å². The number of aromatic nitrogens is 1. The predicted molar refractivity (Wildman–Crippen MR) is 85.9 cm³/mol. The molecule has 1 aliphatic carbocycles. The quantitative estimate of drug-likeness (QED) is 0.855. The van der Waals surface area contributed by atoms with E-state index in [4.69, 9.17) is 13.9 Å². The molecule has 1 saturated carbocycles. The highest BCUT2D eigenvalue weighted by molar-refractivity contribution is 5.91. The maximum Gasteiger partial charge on any atom is 0.290 e. The van der Waals surface area contributed by atoms with Crippen molar-refractivity contribution in [3.05, 3.63) is 47.8 Å². The third-order valence-electron chi connectivity index (χ3n) is 4.74. The molecule has 0 radical (unpaired) electrons. The van der Waals surface area contributed by atoms with Gasteiger partial charge in [0.25, 0.3) is 11.8 Å². The molecule has 132 valence electrons. The van der Waals surface area contributed by atoms with Gasteiger partial charge in [-0.25, -0.2) is 9.37 Å². The summed E-state index contributed by atoms with van der Waals surface area (Å²) >= 11 is 0. The lowest BCUT2D eigenvalue weighted by Crippen LogP contribution is -2.47. The van der Waals surface area contributed by atoms with Gasteiger partial charge in [0.05, 0.1) is 18.8 Å². The van der Waals surface area contributed by atoms with Gasteiger partial charge in [0.1, 0.15) is 11.9 Å². The molecule has 1 amide bonds. The monoisotopic (exact) mass is 346 g/mol. The summed E-state index contributed by atoms with van der Waals surface area (Å²) in [6.07, 6.45) is 2.33. The average molecular weight is 346 g/mol. The summed E-state index contributed by atoms with van der Waals surface area (Å²) < 4.78 is 31.1. The summed E-state index contributed by atoms with van der Waals surface area (Å²) in [5.41, 5.74) is 0. The number of ether oxygens (including phenoxy) is 2. The molecule has 2 bridgehead atoms. The number of furan rings is 1. The Kier molecular flexibility index (Phi) is 4.17. The van der Waals surface area contributed by atoms with Crippen LogP contribution < -0.4 is 4.74 Å². The number of rotatable bonds is 3. The highest BCUT2D eigenvalue weighted by Crippen LogP contribution is 2.34. The Labute approximate surface area is 144 Å². The summed E-state index contributed by atoms with van der Waals surface area (Å²) in [5.74, 6) is 0.203. The zero-order valence-electron chi connectivity index (χ0n) is 13.9. The van der Waals surface area contributed by atoms with Crippen molar-refractivity contribution in [2.75, 3.05) is 13.2 Å². The lowest BCUT2D eigenvalue weighted by molar-refractivity contribution is 0.000274. The SMILES string of the molecule is Cc1ccc(C(=O)N2CCO[C@H]3CC[C@H]2[C@@H]3Oc2ncccc2F)o1.